The summed E-state index contributed by atoms with van der Waals surface area (Å²) in [6.45, 7) is 4.26. The van der Waals surface area contributed by atoms with Gasteiger partial charge in [0.25, 0.3) is 0 Å². The van der Waals surface area contributed by atoms with Gasteiger partial charge in [-0.15, -0.1) is 0 Å². The molecule has 1 atom stereocenters. The highest BCUT2D eigenvalue weighted by molar-refractivity contribution is 7.89. The smallest absolute Gasteiger partial charge is 0.245 e. The molecule has 5 nitrogen and oxygen atoms in total. The van der Waals surface area contributed by atoms with E-state index in [1.54, 1.807) is 6.07 Å². The summed E-state index contributed by atoms with van der Waals surface area (Å²) in [5.41, 5.74) is -0.449. The predicted molar refractivity (Wildman–Crippen MR) is 72.7 cm³/mol. The lowest BCUT2D eigenvalue weighted by Gasteiger charge is -2.16. The van der Waals surface area contributed by atoms with Crippen LogP contribution >= 0.6 is 0 Å². The second kappa shape index (κ2) is 3.96. The summed E-state index contributed by atoms with van der Waals surface area (Å²) in [7, 11) is -3.76. The van der Waals surface area contributed by atoms with Gasteiger partial charge in [-0.1, -0.05) is 26.0 Å². The first-order valence-electron chi connectivity index (χ1n) is 6.51. The molecule has 106 valence electrons. The van der Waals surface area contributed by atoms with E-state index in [1.165, 1.54) is 6.07 Å². The van der Waals surface area contributed by atoms with Gasteiger partial charge in [-0.25, -0.2) is 8.42 Å². The number of benzene rings is 1. The van der Waals surface area contributed by atoms with Crippen molar-refractivity contribution in [3.05, 3.63) is 23.8 Å². The van der Waals surface area contributed by atoms with E-state index in [-0.39, 0.29) is 10.3 Å². The summed E-state index contributed by atoms with van der Waals surface area (Å²) in [6.07, 6.45) is 1.24. The highest BCUT2D eigenvalue weighted by Crippen LogP contribution is 2.55. The maximum atomic E-state index is 12.6. The molecule has 0 saturated heterocycles. The molecule has 0 aromatic heterocycles. The van der Waals surface area contributed by atoms with Crippen molar-refractivity contribution in [1.29, 1.82) is 5.26 Å². The second-order valence-electron chi connectivity index (χ2n) is 6.03. The number of ether oxygens (including phenoxy) is 1. The van der Waals surface area contributed by atoms with Crippen molar-refractivity contribution in [2.45, 2.75) is 37.1 Å². The predicted octanol–water partition coefficient (Wildman–Crippen LogP) is 1.59. The van der Waals surface area contributed by atoms with Crippen LogP contribution in [0.25, 0.3) is 0 Å². The van der Waals surface area contributed by atoms with Crippen molar-refractivity contribution in [3.63, 3.8) is 0 Å². The number of rotatable bonds is 3. The van der Waals surface area contributed by atoms with Crippen molar-refractivity contribution < 1.29 is 13.2 Å². The zero-order valence-electron chi connectivity index (χ0n) is 11.4. The van der Waals surface area contributed by atoms with E-state index in [2.05, 4.69) is 10.8 Å². The molecule has 1 aromatic carbocycles. The van der Waals surface area contributed by atoms with Gasteiger partial charge < -0.3 is 4.74 Å². The minimum atomic E-state index is -3.76. The monoisotopic (exact) mass is 292 g/mol. The number of nitrogens with one attached hydrogen (secondary N) is 1. The van der Waals surface area contributed by atoms with Crippen molar-refractivity contribution in [2.75, 3.05) is 6.61 Å². The molecule has 0 spiro atoms. The van der Waals surface area contributed by atoms with Crippen LogP contribution in [0.4, 0.5) is 0 Å². The van der Waals surface area contributed by atoms with E-state index in [9.17, 15) is 13.7 Å². The second-order valence-corrected chi connectivity index (χ2v) is 7.68. The van der Waals surface area contributed by atoms with Crippen LogP contribution in [0, 0.1) is 16.7 Å². The fraction of sp³-hybridized carbons (Fsp3) is 0.500. The molecule has 1 aromatic rings. The molecule has 1 unspecified atom stereocenters. The summed E-state index contributed by atoms with van der Waals surface area (Å²) >= 11 is 0. The number of para-hydroxylation sites is 1. The molecule has 2 aliphatic rings. The molecule has 1 aliphatic heterocycles. The van der Waals surface area contributed by atoms with Gasteiger partial charge in [0.05, 0.1) is 12.7 Å². The topological polar surface area (TPSA) is 79.2 Å². The standard InChI is InChI=1S/C14H16N2O3S/c1-13(2)8-14(13,9-15)16-20(17,18)11-5-3-4-10-6-7-19-12(10)11/h3-5,16H,6-8H2,1-2H3. The van der Waals surface area contributed by atoms with E-state index < -0.39 is 15.6 Å². The molecule has 20 heavy (non-hydrogen) atoms. The van der Waals surface area contributed by atoms with E-state index in [1.807, 2.05) is 19.9 Å². The Hall–Kier alpha value is -1.58. The lowest BCUT2D eigenvalue weighted by molar-refractivity contribution is 0.348. The van der Waals surface area contributed by atoms with Gasteiger partial charge in [0, 0.05) is 11.8 Å². The number of hydrogen-bond donors (Lipinski definition) is 1. The Bertz CT molecular complexity index is 718. The first kappa shape index (κ1) is 13.4. The molecular weight excluding hydrogens is 276 g/mol. The molecule has 1 N–H and O–H groups in total. The molecule has 3 rings (SSSR count). The normalized spacial score (nSPS) is 26.4. The largest absolute Gasteiger partial charge is 0.492 e. The van der Waals surface area contributed by atoms with Crippen molar-refractivity contribution >= 4 is 10.0 Å². The minimum Gasteiger partial charge on any atom is -0.492 e. The quantitative estimate of drug-likeness (QED) is 0.917. The Kier molecular flexibility index (Phi) is 2.66. The maximum absolute atomic E-state index is 12.6. The summed E-state index contributed by atoms with van der Waals surface area (Å²) < 4.78 is 33.1. The summed E-state index contributed by atoms with van der Waals surface area (Å²) in [6, 6.07) is 7.20. The minimum absolute atomic E-state index is 0.129. The Morgan fingerprint density at radius 2 is 2.10 bits per heavy atom. The number of hydrogen-bond acceptors (Lipinski definition) is 4. The Labute approximate surface area is 118 Å². The Morgan fingerprint density at radius 1 is 1.40 bits per heavy atom. The van der Waals surface area contributed by atoms with Crippen LogP contribution in [0.15, 0.2) is 23.1 Å². The molecule has 1 aliphatic carbocycles. The summed E-state index contributed by atoms with van der Waals surface area (Å²) in [4.78, 5) is 0.129. The van der Waals surface area contributed by atoms with Gasteiger partial charge in [0.15, 0.2) is 0 Å². The number of nitrogens with zero attached hydrogens (tertiary/aromatic N) is 1. The van der Waals surface area contributed by atoms with Crippen LogP contribution in [-0.4, -0.2) is 20.6 Å². The van der Waals surface area contributed by atoms with Gasteiger partial charge in [-0.05, 0) is 18.1 Å². The number of sulfonamides is 1. The lowest BCUT2D eigenvalue weighted by Crippen LogP contribution is -2.39. The first-order valence-corrected chi connectivity index (χ1v) is 8.00. The first-order chi connectivity index (χ1) is 9.31. The van der Waals surface area contributed by atoms with Crippen LogP contribution in [0.3, 0.4) is 0 Å². The summed E-state index contributed by atoms with van der Waals surface area (Å²) in [5, 5.41) is 9.29. The SMILES string of the molecule is CC1(C)CC1(C#N)NS(=O)(=O)c1cccc2c1OCC2. The lowest BCUT2D eigenvalue weighted by atomic mass is 10.1. The zero-order chi connectivity index (χ0) is 14.6. The number of fused-ring (bicyclic) bond motifs is 1. The van der Waals surface area contributed by atoms with Crippen LogP contribution in [0.2, 0.25) is 0 Å². The zero-order valence-corrected chi connectivity index (χ0v) is 12.3. The molecule has 0 radical (unpaired) electrons. The third-order valence-corrected chi connectivity index (χ3v) is 5.72. The van der Waals surface area contributed by atoms with Crippen LogP contribution in [0.1, 0.15) is 25.8 Å². The Morgan fingerprint density at radius 3 is 2.70 bits per heavy atom. The third kappa shape index (κ3) is 1.81. The van der Waals surface area contributed by atoms with Crippen LogP contribution in [0.5, 0.6) is 5.75 Å². The van der Waals surface area contributed by atoms with Gasteiger partial charge in [0.2, 0.25) is 10.0 Å². The third-order valence-electron chi connectivity index (χ3n) is 4.20. The molecule has 6 heteroatoms. The highest BCUT2D eigenvalue weighted by atomic mass is 32.2. The van der Waals surface area contributed by atoms with E-state index in [0.717, 1.165) is 5.56 Å². The Balaban J connectivity index is 1.99. The molecule has 1 heterocycles. The van der Waals surface area contributed by atoms with E-state index >= 15 is 0 Å². The van der Waals surface area contributed by atoms with Gasteiger partial charge >= 0.3 is 0 Å². The van der Waals surface area contributed by atoms with Crippen molar-refractivity contribution in [1.82, 2.24) is 4.72 Å². The van der Waals surface area contributed by atoms with Crippen LogP contribution < -0.4 is 9.46 Å². The highest BCUT2D eigenvalue weighted by Gasteiger charge is 2.64. The average molecular weight is 292 g/mol. The van der Waals surface area contributed by atoms with E-state index in [4.69, 9.17) is 4.74 Å². The maximum Gasteiger partial charge on any atom is 0.245 e. The molecular formula is C14H16N2O3S. The molecule has 1 fully saturated rings. The molecule has 0 amide bonds. The van der Waals surface area contributed by atoms with E-state index in [0.29, 0.717) is 25.2 Å². The molecule has 0 bridgehead atoms. The summed E-state index contributed by atoms with van der Waals surface area (Å²) in [5.74, 6) is 0.423. The van der Waals surface area contributed by atoms with Crippen molar-refractivity contribution in [2.24, 2.45) is 5.41 Å². The molecule has 1 saturated carbocycles. The van der Waals surface area contributed by atoms with Crippen LogP contribution in [-0.2, 0) is 16.4 Å². The fourth-order valence-electron chi connectivity index (χ4n) is 2.69. The van der Waals surface area contributed by atoms with Gasteiger partial charge in [0.1, 0.15) is 16.2 Å². The van der Waals surface area contributed by atoms with Gasteiger partial charge in [-0.3, -0.25) is 0 Å². The van der Waals surface area contributed by atoms with Gasteiger partial charge in [-0.2, -0.15) is 9.98 Å². The fourth-order valence-corrected chi connectivity index (χ4v) is 4.34. The average Bonchev–Trinajstić information content (AvgIpc) is 2.77. The van der Waals surface area contributed by atoms with Crippen molar-refractivity contribution in [3.8, 4) is 11.8 Å². The number of nitriles is 1.